The highest BCUT2D eigenvalue weighted by Crippen LogP contribution is 2.03. The summed E-state index contributed by atoms with van der Waals surface area (Å²) in [5, 5.41) is 6.15. The van der Waals surface area contributed by atoms with E-state index in [0.29, 0.717) is 18.9 Å². The van der Waals surface area contributed by atoms with Gasteiger partial charge in [-0.2, -0.15) is 0 Å². The molecule has 15 heavy (non-hydrogen) atoms. The summed E-state index contributed by atoms with van der Waals surface area (Å²) in [5.41, 5.74) is 0. The molecule has 5 heteroatoms. The number of carbonyl (C=O) groups is 1. The van der Waals surface area contributed by atoms with Crippen LogP contribution in [0.3, 0.4) is 0 Å². The van der Waals surface area contributed by atoms with Gasteiger partial charge in [-0.15, -0.1) is 13.2 Å². The lowest BCUT2D eigenvalue weighted by Crippen LogP contribution is -2.35. The predicted molar refractivity (Wildman–Crippen MR) is 57.5 cm³/mol. The summed E-state index contributed by atoms with van der Waals surface area (Å²) in [7, 11) is 0. The highest BCUT2D eigenvalue weighted by atomic mass is 16.5. The van der Waals surface area contributed by atoms with Crippen molar-refractivity contribution in [3.8, 4) is 0 Å². The maximum Gasteiger partial charge on any atom is 0.323 e. The van der Waals surface area contributed by atoms with Crippen LogP contribution in [0.4, 0.5) is 10.6 Å². The van der Waals surface area contributed by atoms with E-state index >= 15 is 0 Å². The second-order valence-electron chi connectivity index (χ2n) is 2.80. The van der Waals surface area contributed by atoms with Gasteiger partial charge in [-0.3, -0.25) is 5.32 Å². The van der Waals surface area contributed by atoms with Crippen LogP contribution in [-0.2, 0) is 0 Å². The second-order valence-corrected chi connectivity index (χ2v) is 2.80. The Kier molecular flexibility index (Phi) is 4.15. The summed E-state index contributed by atoms with van der Waals surface area (Å²) in [4.78, 5) is 13.2. The smallest absolute Gasteiger partial charge is 0.323 e. The number of nitrogens with zero attached hydrogens (tertiary/aromatic N) is 2. The third-order valence-corrected chi connectivity index (χ3v) is 1.66. The minimum absolute atomic E-state index is 0.260. The zero-order valence-electron chi connectivity index (χ0n) is 8.35. The Morgan fingerprint density at radius 1 is 1.53 bits per heavy atom. The Morgan fingerprint density at radius 2 is 2.20 bits per heavy atom. The topological polar surface area (TPSA) is 58.4 Å². The summed E-state index contributed by atoms with van der Waals surface area (Å²) in [5.74, 6) is 0.387. The van der Waals surface area contributed by atoms with Crippen molar-refractivity contribution in [3.63, 3.8) is 0 Å². The van der Waals surface area contributed by atoms with Crippen LogP contribution in [0, 0.1) is 0 Å². The van der Waals surface area contributed by atoms with Crippen LogP contribution >= 0.6 is 0 Å². The van der Waals surface area contributed by atoms with E-state index in [1.54, 1.807) is 18.2 Å². The van der Waals surface area contributed by atoms with Crippen molar-refractivity contribution in [1.82, 2.24) is 10.1 Å². The van der Waals surface area contributed by atoms with Gasteiger partial charge in [0.25, 0.3) is 0 Å². The number of hydrogen-bond acceptors (Lipinski definition) is 3. The Bertz CT molecular complexity index is 322. The first-order chi connectivity index (χ1) is 7.27. The number of carbonyl (C=O) groups excluding carboxylic acids is 1. The Labute approximate surface area is 88.0 Å². The fraction of sp³-hybridized carbons (Fsp3) is 0.200. The molecule has 0 fully saturated rings. The molecule has 1 rings (SSSR count). The molecule has 0 saturated carbocycles. The number of nitrogens with one attached hydrogen (secondary N) is 1. The number of anilines is 1. The lowest BCUT2D eigenvalue weighted by Gasteiger charge is -2.18. The van der Waals surface area contributed by atoms with Crippen molar-refractivity contribution in [2.75, 3.05) is 18.4 Å². The van der Waals surface area contributed by atoms with Crippen LogP contribution in [-0.4, -0.2) is 29.2 Å². The largest absolute Gasteiger partial charge is 0.363 e. The molecule has 0 saturated heterocycles. The molecule has 0 spiro atoms. The van der Waals surface area contributed by atoms with Gasteiger partial charge in [0.1, 0.15) is 6.26 Å². The predicted octanol–water partition coefficient (Wildman–Crippen LogP) is 1.88. The maximum atomic E-state index is 11.6. The molecule has 2 amide bonds. The summed E-state index contributed by atoms with van der Waals surface area (Å²) in [6, 6.07) is 1.31. The van der Waals surface area contributed by atoms with E-state index in [1.807, 2.05) is 0 Å². The van der Waals surface area contributed by atoms with E-state index in [9.17, 15) is 4.79 Å². The van der Waals surface area contributed by atoms with E-state index in [4.69, 9.17) is 0 Å². The molecule has 0 radical (unpaired) electrons. The zero-order chi connectivity index (χ0) is 11.1. The van der Waals surface area contributed by atoms with Gasteiger partial charge in [0.15, 0.2) is 5.82 Å². The molecule has 0 unspecified atom stereocenters. The zero-order valence-corrected chi connectivity index (χ0v) is 8.35. The van der Waals surface area contributed by atoms with E-state index in [2.05, 4.69) is 28.2 Å². The van der Waals surface area contributed by atoms with Crippen molar-refractivity contribution in [2.24, 2.45) is 0 Å². The van der Waals surface area contributed by atoms with E-state index in [1.165, 1.54) is 11.2 Å². The number of hydrogen-bond donors (Lipinski definition) is 1. The van der Waals surface area contributed by atoms with Gasteiger partial charge in [0, 0.05) is 19.2 Å². The van der Waals surface area contributed by atoms with Crippen LogP contribution in [0.1, 0.15) is 0 Å². The third-order valence-electron chi connectivity index (χ3n) is 1.66. The molecule has 1 heterocycles. The normalized spacial score (nSPS) is 9.33. The monoisotopic (exact) mass is 207 g/mol. The van der Waals surface area contributed by atoms with Crippen molar-refractivity contribution < 1.29 is 9.32 Å². The van der Waals surface area contributed by atoms with E-state index in [-0.39, 0.29) is 6.03 Å². The van der Waals surface area contributed by atoms with E-state index in [0.717, 1.165) is 0 Å². The molecular weight excluding hydrogens is 194 g/mol. The van der Waals surface area contributed by atoms with Crippen LogP contribution in [0.5, 0.6) is 0 Å². The quantitative estimate of drug-likeness (QED) is 0.750. The van der Waals surface area contributed by atoms with Gasteiger partial charge in [-0.25, -0.2) is 4.79 Å². The summed E-state index contributed by atoms with van der Waals surface area (Å²) in [6.07, 6.45) is 4.68. The highest BCUT2D eigenvalue weighted by Gasteiger charge is 2.11. The lowest BCUT2D eigenvalue weighted by molar-refractivity contribution is 0.222. The molecule has 0 aliphatic rings. The average molecular weight is 207 g/mol. The first kappa shape index (κ1) is 11.0. The molecule has 1 N–H and O–H groups in total. The molecule has 0 aromatic carbocycles. The minimum Gasteiger partial charge on any atom is -0.363 e. The standard InChI is InChI=1S/C10H13N3O2/c1-3-6-13(7-4-2)10(14)11-9-5-8-15-12-9/h3-5,8H,1-2,6-7H2,(H,11,12,14). The van der Waals surface area contributed by atoms with Crippen molar-refractivity contribution in [1.29, 1.82) is 0 Å². The van der Waals surface area contributed by atoms with Gasteiger partial charge in [0.05, 0.1) is 0 Å². The maximum absolute atomic E-state index is 11.6. The van der Waals surface area contributed by atoms with Crippen molar-refractivity contribution in [2.45, 2.75) is 0 Å². The Hall–Kier alpha value is -2.04. The SMILES string of the molecule is C=CCN(CC=C)C(=O)Nc1ccon1. The number of rotatable bonds is 5. The van der Waals surface area contributed by atoms with Gasteiger partial charge >= 0.3 is 6.03 Å². The lowest BCUT2D eigenvalue weighted by atomic mass is 10.4. The molecule has 0 atom stereocenters. The van der Waals surface area contributed by atoms with Crippen molar-refractivity contribution in [3.05, 3.63) is 37.6 Å². The first-order valence-electron chi connectivity index (χ1n) is 4.46. The molecule has 0 bridgehead atoms. The number of aromatic nitrogens is 1. The third kappa shape index (κ3) is 3.30. The molecule has 1 aromatic rings. The van der Waals surface area contributed by atoms with Crippen LogP contribution in [0.2, 0.25) is 0 Å². The molecule has 0 aliphatic heterocycles. The summed E-state index contributed by atoms with van der Waals surface area (Å²) in [6.45, 7) is 8.05. The van der Waals surface area contributed by atoms with Gasteiger partial charge in [0.2, 0.25) is 0 Å². The van der Waals surface area contributed by atoms with Crippen LogP contribution < -0.4 is 5.32 Å². The minimum atomic E-state index is -0.260. The average Bonchev–Trinajstić information content (AvgIpc) is 2.70. The summed E-state index contributed by atoms with van der Waals surface area (Å²) < 4.78 is 4.59. The molecule has 5 nitrogen and oxygen atoms in total. The molecule has 80 valence electrons. The van der Waals surface area contributed by atoms with Crippen LogP contribution in [0.15, 0.2) is 42.2 Å². The van der Waals surface area contributed by atoms with Gasteiger partial charge in [-0.1, -0.05) is 17.3 Å². The number of amides is 2. The molecular formula is C10H13N3O2. The van der Waals surface area contributed by atoms with E-state index < -0.39 is 0 Å². The highest BCUT2D eigenvalue weighted by molar-refractivity contribution is 5.88. The van der Waals surface area contributed by atoms with Crippen molar-refractivity contribution >= 4 is 11.8 Å². The fourth-order valence-electron chi connectivity index (χ4n) is 1.02. The molecule has 1 aromatic heterocycles. The summed E-state index contributed by atoms with van der Waals surface area (Å²) >= 11 is 0. The Balaban J connectivity index is 2.55. The first-order valence-corrected chi connectivity index (χ1v) is 4.46. The van der Waals surface area contributed by atoms with Gasteiger partial charge in [-0.05, 0) is 0 Å². The van der Waals surface area contributed by atoms with Gasteiger partial charge < -0.3 is 9.42 Å². The fourth-order valence-corrected chi connectivity index (χ4v) is 1.02. The second kappa shape index (κ2) is 5.64. The number of urea groups is 1. The molecule has 0 aliphatic carbocycles. The Morgan fingerprint density at radius 3 is 2.67 bits per heavy atom. The van der Waals surface area contributed by atoms with Crippen LogP contribution in [0.25, 0.3) is 0 Å².